The molecule has 2 rings (SSSR count). The fourth-order valence-electron chi connectivity index (χ4n) is 1.95. The number of hydrogen-bond donors (Lipinski definition) is 1. The van der Waals surface area contributed by atoms with Crippen LogP contribution in [0, 0.1) is 19.8 Å². The Morgan fingerprint density at radius 2 is 2.04 bits per heavy atom. The second-order valence-electron chi connectivity index (χ2n) is 6.41. The van der Waals surface area contributed by atoms with Crippen LogP contribution in [0.25, 0.3) is 0 Å². The van der Waals surface area contributed by atoms with Gasteiger partial charge in [-0.15, -0.1) is 10.2 Å². The molecule has 1 N–H and O–H groups in total. The molecule has 1 aromatic carbocycles. The third-order valence-electron chi connectivity index (χ3n) is 3.86. The second kappa shape index (κ2) is 8.89. The molecule has 1 heterocycles. The van der Waals surface area contributed by atoms with Gasteiger partial charge in [0.25, 0.3) is 11.1 Å². The first-order chi connectivity index (χ1) is 11.8. The third kappa shape index (κ3) is 6.08. The van der Waals surface area contributed by atoms with Crippen molar-refractivity contribution in [2.45, 2.75) is 52.5 Å². The van der Waals surface area contributed by atoms with Crippen LogP contribution < -0.4 is 10.1 Å². The average molecular weight is 363 g/mol. The summed E-state index contributed by atoms with van der Waals surface area (Å²) in [6.07, 6.45) is 0. The number of nitrogens with zero attached hydrogens (tertiary/aromatic N) is 2. The molecule has 136 valence electrons. The molecule has 0 bridgehead atoms. The highest BCUT2D eigenvalue weighted by Crippen LogP contribution is 2.21. The van der Waals surface area contributed by atoms with Crippen molar-refractivity contribution < 1.29 is 13.9 Å². The lowest BCUT2D eigenvalue weighted by Gasteiger charge is -2.16. The zero-order valence-electron chi connectivity index (χ0n) is 15.3. The lowest BCUT2D eigenvalue weighted by atomic mass is 10.1. The smallest absolute Gasteiger partial charge is 0.277 e. The van der Waals surface area contributed by atoms with Crippen LogP contribution in [0.15, 0.2) is 27.8 Å². The molecular formula is C18H25N3O3S. The maximum atomic E-state index is 11.9. The van der Waals surface area contributed by atoms with E-state index in [2.05, 4.69) is 29.4 Å². The van der Waals surface area contributed by atoms with Gasteiger partial charge < -0.3 is 14.5 Å². The molecular weight excluding hydrogens is 338 g/mol. The highest BCUT2D eigenvalue weighted by molar-refractivity contribution is 7.99. The van der Waals surface area contributed by atoms with Crippen molar-refractivity contribution in [2.75, 3.05) is 5.75 Å². The minimum atomic E-state index is -0.0439. The van der Waals surface area contributed by atoms with E-state index in [1.54, 1.807) is 0 Å². The molecule has 0 aliphatic rings. The highest BCUT2D eigenvalue weighted by atomic mass is 32.2. The summed E-state index contributed by atoms with van der Waals surface area (Å²) in [6.45, 7) is 10.3. The van der Waals surface area contributed by atoms with E-state index < -0.39 is 0 Å². The lowest BCUT2D eigenvalue weighted by Crippen LogP contribution is -2.37. The predicted molar refractivity (Wildman–Crippen MR) is 97.7 cm³/mol. The first kappa shape index (κ1) is 19.3. The van der Waals surface area contributed by atoms with E-state index in [0.717, 1.165) is 16.9 Å². The summed E-state index contributed by atoms with van der Waals surface area (Å²) in [5, 5.41) is 11.2. The summed E-state index contributed by atoms with van der Waals surface area (Å²) >= 11 is 1.22. The molecule has 1 aromatic heterocycles. The van der Waals surface area contributed by atoms with E-state index in [9.17, 15) is 4.79 Å². The number of amides is 1. The Balaban J connectivity index is 1.82. The van der Waals surface area contributed by atoms with Crippen LogP contribution in [0.5, 0.6) is 5.75 Å². The number of carbonyl (C=O) groups is 1. The number of thioether (sulfide) groups is 1. The monoisotopic (exact) mass is 363 g/mol. The number of aromatic nitrogens is 2. The van der Waals surface area contributed by atoms with E-state index in [-0.39, 0.29) is 24.3 Å². The molecule has 0 aliphatic carbocycles. The van der Waals surface area contributed by atoms with E-state index >= 15 is 0 Å². The molecule has 2 aromatic rings. The SMILES string of the molecule is Cc1ccc(C)c(OCc2nnc(SCC(=O)NC(C)C(C)C)o2)c1. The summed E-state index contributed by atoms with van der Waals surface area (Å²) in [7, 11) is 0. The number of carbonyl (C=O) groups excluding carboxylic acids is 1. The maximum absolute atomic E-state index is 11.9. The number of benzene rings is 1. The van der Waals surface area contributed by atoms with Crippen LogP contribution in [0.2, 0.25) is 0 Å². The van der Waals surface area contributed by atoms with E-state index in [0.29, 0.717) is 17.0 Å². The lowest BCUT2D eigenvalue weighted by molar-refractivity contribution is -0.119. The van der Waals surface area contributed by atoms with Gasteiger partial charge in [-0.05, 0) is 43.9 Å². The zero-order chi connectivity index (χ0) is 18.4. The first-order valence-electron chi connectivity index (χ1n) is 8.29. The summed E-state index contributed by atoms with van der Waals surface area (Å²) in [5.41, 5.74) is 2.18. The van der Waals surface area contributed by atoms with Gasteiger partial charge in [-0.3, -0.25) is 4.79 Å². The molecule has 0 saturated carbocycles. The largest absolute Gasteiger partial charge is 0.484 e. The van der Waals surface area contributed by atoms with Gasteiger partial charge in [0.15, 0.2) is 6.61 Å². The molecule has 0 aliphatic heterocycles. The Kier molecular flexibility index (Phi) is 6.87. The maximum Gasteiger partial charge on any atom is 0.277 e. The van der Waals surface area contributed by atoms with Crippen molar-refractivity contribution in [1.82, 2.24) is 15.5 Å². The number of hydrogen-bond acceptors (Lipinski definition) is 6. The van der Waals surface area contributed by atoms with Gasteiger partial charge >= 0.3 is 0 Å². The van der Waals surface area contributed by atoms with Crippen molar-refractivity contribution in [2.24, 2.45) is 5.92 Å². The zero-order valence-corrected chi connectivity index (χ0v) is 16.1. The van der Waals surface area contributed by atoms with Gasteiger partial charge in [-0.2, -0.15) is 0 Å². The fourth-order valence-corrected chi connectivity index (χ4v) is 2.54. The molecule has 25 heavy (non-hydrogen) atoms. The molecule has 1 amide bonds. The Morgan fingerprint density at radius 3 is 2.76 bits per heavy atom. The van der Waals surface area contributed by atoms with Crippen molar-refractivity contribution in [3.8, 4) is 5.75 Å². The molecule has 1 unspecified atom stereocenters. The van der Waals surface area contributed by atoms with Crippen LogP contribution in [0.1, 0.15) is 37.8 Å². The molecule has 0 spiro atoms. The number of nitrogens with one attached hydrogen (secondary N) is 1. The topological polar surface area (TPSA) is 77.2 Å². The molecule has 0 fully saturated rings. The van der Waals surface area contributed by atoms with Gasteiger partial charge in [0, 0.05) is 6.04 Å². The second-order valence-corrected chi connectivity index (χ2v) is 7.33. The van der Waals surface area contributed by atoms with Crippen molar-refractivity contribution in [3.63, 3.8) is 0 Å². The quantitative estimate of drug-likeness (QED) is 0.723. The van der Waals surface area contributed by atoms with Gasteiger partial charge in [-0.1, -0.05) is 37.7 Å². The Hall–Kier alpha value is -2.02. The minimum Gasteiger partial charge on any atom is -0.484 e. The Bertz CT molecular complexity index is 715. The molecule has 7 heteroatoms. The number of ether oxygens (including phenoxy) is 1. The summed E-state index contributed by atoms with van der Waals surface area (Å²) < 4.78 is 11.3. The summed E-state index contributed by atoms with van der Waals surface area (Å²) in [4.78, 5) is 11.9. The molecule has 0 saturated heterocycles. The average Bonchev–Trinajstić information content (AvgIpc) is 3.01. The number of aryl methyl sites for hydroxylation is 2. The molecule has 0 radical (unpaired) electrons. The van der Waals surface area contributed by atoms with Crippen LogP contribution in [-0.4, -0.2) is 27.9 Å². The van der Waals surface area contributed by atoms with Gasteiger partial charge in [0.2, 0.25) is 5.91 Å². The van der Waals surface area contributed by atoms with Crippen LogP contribution in [0.4, 0.5) is 0 Å². The normalized spacial score (nSPS) is 12.2. The van der Waals surface area contributed by atoms with Crippen LogP contribution in [-0.2, 0) is 11.4 Å². The standard InChI is InChI=1S/C18H25N3O3S/c1-11(2)14(5)19-16(22)10-25-18-21-20-17(24-18)9-23-15-8-12(3)6-7-13(15)4/h6-8,11,14H,9-10H2,1-5H3,(H,19,22). The van der Waals surface area contributed by atoms with Gasteiger partial charge in [0.1, 0.15) is 5.75 Å². The van der Waals surface area contributed by atoms with E-state index in [1.807, 2.05) is 39.0 Å². The minimum absolute atomic E-state index is 0.0439. The highest BCUT2D eigenvalue weighted by Gasteiger charge is 2.14. The summed E-state index contributed by atoms with van der Waals surface area (Å²) in [5.74, 6) is 1.79. The van der Waals surface area contributed by atoms with Crippen LogP contribution >= 0.6 is 11.8 Å². The van der Waals surface area contributed by atoms with Crippen molar-refractivity contribution in [1.29, 1.82) is 0 Å². The predicted octanol–water partition coefficient (Wildman–Crippen LogP) is 3.52. The van der Waals surface area contributed by atoms with Crippen molar-refractivity contribution >= 4 is 17.7 Å². The fraction of sp³-hybridized carbons (Fsp3) is 0.500. The Morgan fingerprint density at radius 1 is 1.28 bits per heavy atom. The number of rotatable bonds is 8. The van der Waals surface area contributed by atoms with Crippen LogP contribution in [0.3, 0.4) is 0 Å². The third-order valence-corrected chi connectivity index (χ3v) is 4.68. The van der Waals surface area contributed by atoms with E-state index in [1.165, 1.54) is 11.8 Å². The molecule has 1 atom stereocenters. The van der Waals surface area contributed by atoms with Gasteiger partial charge in [-0.25, -0.2) is 0 Å². The van der Waals surface area contributed by atoms with E-state index in [4.69, 9.17) is 9.15 Å². The van der Waals surface area contributed by atoms with Crippen molar-refractivity contribution in [3.05, 3.63) is 35.2 Å². The van der Waals surface area contributed by atoms with Gasteiger partial charge in [0.05, 0.1) is 5.75 Å². The molecule has 6 nitrogen and oxygen atoms in total. The Labute approximate surface area is 152 Å². The first-order valence-corrected chi connectivity index (χ1v) is 9.28. The summed E-state index contributed by atoms with van der Waals surface area (Å²) in [6, 6.07) is 6.16.